The molecule has 1 fully saturated rings. The highest BCUT2D eigenvalue weighted by Gasteiger charge is 2.41. The number of carbonyl (C=O) groups excluding carboxylic acids is 1. The minimum Gasteiger partial charge on any atom is -0.338 e. The molecule has 0 saturated carbocycles. The molecule has 0 spiro atoms. The molecule has 0 bridgehead atoms. The summed E-state index contributed by atoms with van der Waals surface area (Å²) in [5.41, 5.74) is 6.39. The maximum absolute atomic E-state index is 12.5. The van der Waals surface area contributed by atoms with Gasteiger partial charge in [-0.2, -0.15) is 5.10 Å². The van der Waals surface area contributed by atoms with E-state index in [-0.39, 0.29) is 11.9 Å². The monoisotopic (exact) mass is 366 g/mol. The van der Waals surface area contributed by atoms with Gasteiger partial charge in [0.1, 0.15) is 0 Å². The number of nitrogens with zero attached hydrogens (tertiary/aromatic N) is 3. The number of rotatable bonds is 4. The molecular weight excluding hydrogens is 336 g/mol. The van der Waals surface area contributed by atoms with E-state index in [0.717, 1.165) is 30.8 Å². The van der Waals surface area contributed by atoms with Gasteiger partial charge in [-0.3, -0.25) is 9.48 Å². The average Bonchev–Trinajstić information content (AvgIpc) is 3.07. The number of hydrogen-bond acceptors (Lipinski definition) is 3. The summed E-state index contributed by atoms with van der Waals surface area (Å²) < 4.78 is 1.93. The van der Waals surface area contributed by atoms with E-state index in [1.165, 1.54) is 23.1 Å². The number of nitrogens with one attached hydrogen (secondary N) is 1. The Kier molecular flexibility index (Phi) is 4.81. The normalized spacial score (nSPS) is 25.1. The quantitative estimate of drug-likeness (QED) is 0.905. The summed E-state index contributed by atoms with van der Waals surface area (Å²) in [7, 11) is 3.92. The van der Waals surface area contributed by atoms with Crippen molar-refractivity contribution in [2.75, 3.05) is 13.6 Å². The van der Waals surface area contributed by atoms with Crippen molar-refractivity contribution in [1.82, 2.24) is 20.0 Å². The van der Waals surface area contributed by atoms with E-state index in [1.54, 1.807) is 0 Å². The molecule has 2 aliphatic rings. The Hall–Kier alpha value is -2.14. The first-order valence-electron chi connectivity index (χ1n) is 10.0. The van der Waals surface area contributed by atoms with Crippen LogP contribution in [0.1, 0.15) is 47.0 Å². The molecule has 27 heavy (non-hydrogen) atoms. The molecule has 5 heteroatoms. The topological polar surface area (TPSA) is 50.2 Å². The lowest BCUT2D eigenvalue weighted by Gasteiger charge is -2.29. The molecule has 3 atom stereocenters. The first-order valence-corrected chi connectivity index (χ1v) is 10.0. The fourth-order valence-electron chi connectivity index (χ4n) is 4.97. The van der Waals surface area contributed by atoms with E-state index in [1.807, 2.05) is 23.7 Å². The lowest BCUT2D eigenvalue weighted by Crippen LogP contribution is -2.39. The molecule has 1 aromatic carbocycles. The summed E-state index contributed by atoms with van der Waals surface area (Å²) in [4.78, 5) is 14.4. The first-order chi connectivity index (χ1) is 13.0. The molecule has 4 rings (SSSR count). The highest BCUT2D eigenvalue weighted by atomic mass is 16.2. The van der Waals surface area contributed by atoms with Crippen molar-refractivity contribution in [2.24, 2.45) is 13.0 Å². The molecule has 1 N–H and O–H groups in total. The number of likely N-dealkylation sites (tertiary alicyclic amines) is 1. The molecule has 1 aliphatic heterocycles. The lowest BCUT2D eigenvalue weighted by molar-refractivity contribution is -0.127. The van der Waals surface area contributed by atoms with Gasteiger partial charge in [0.05, 0.1) is 11.7 Å². The molecule has 2 heterocycles. The number of carbonyl (C=O) groups is 1. The predicted octanol–water partition coefficient (Wildman–Crippen LogP) is 2.70. The molecule has 0 radical (unpaired) electrons. The van der Waals surface area contributed by atoms with Crippen LogP contribution in [0.3, 0.4) is 0 Å². The van der Waals surface area contributed by atoms with E-state index in [0.29, 0.717) is 18.4 Å². The van der Waals surface area contributed by atoms with Crippen molar-refractivity contribution in [3.8, 4) is 0 Å². The van der Waals surface area contributed by atoms with Crippen LogP contribution < -0.4 is 5.32 Å². The van der Waals surface area contributed by atoms with Crippen molar-refractivity contribution < 1.29 is 4.79 Å². The second-order valence-corrected chi connectivity index (χ2v) is 8.24. The Labute approximate surface area is 161 Å². The zero-order chi connectivity index (χ0) is 19.1. The van der Waals surface area contributed by atoms with Crippen molar-refractivity contribution >= 4 is 5.91 Å². The van der Waals surface area contributed by atoms with Gasteiger partial charge in [0.15, 0.2) is 0 Å². The van der Waals surface area contributed by atoms with Gasteiger partial charge >= 0.3 is 0 Å². The van der Waals surface area contributed by atoms with Gasteiger partial charge in [-0.25, -0.2) is 0 Å². The Balaban J connectivity index is 1.48. The number of fused-ring (bicyclic) bond motifs is 1. The third kappa shape index (κ3) is 3.29. The van der Waals surface area contributed by atoms with Crippen LogP contribution in [0, 0.1) is 19.8 Å². The summed E-state index contributed by atoms with van der Waals surface area (Å²) in [5, 5.41) is 8.37. The van der Waals surface area contributed by atoms with Crippen LogP contribution in [0.2, 0.25) is 0 Å². The van der Waals surface area contributed by atoms with E-state index in [4.69, 9.17) is 0 Å². The second-order valence-electron chi connectivity index (χ2n) is 8.24. The maximum Gasteiger partial charge on any atom is 0.223 e. The van der Waals surface area contributed by atoms with Gasteiger partial charge in [0, 0.05) is 50.3 Å². The van der Waals surface area contributed by atoms with Crippen LogP contribution in [0.4, 0.5) is 0 Å². The van der Waals surface area contributed by atoms with E-state index in [9.17, 15) is 4.79 Å². The molecule has 2 aromatic rings. The van der Waals surface area contributed by atoms with E-state index in [2.05, 4.69) is 48.5 Å². The molecule has 5 nitrogen and oxygen atoms in total. The minimum atomic E-state index is 0.120. The Bertz CT molecular complexity index is 856. The predicted molar refractivity (Wildman–Crippen MR) is 107 cm³/mol. The summed E-state index contributed by atoms with van der Waals surface area (Å²) in [5.74, 6) is 0.532. The smallest absolute Gasteiger partial charge is 0.223 e. The number of aryl methyl sites for hydroxylation is 3. The van der Waals surface area contributed by atoms with Crippen LogP contribution in [-0.2, 0) is 24.7 Å². The molecule has 144 valence electrons. The van der Waals surface area contributed by atoms with E-state index >= 15 is 0 Å². The summed E-state index contributed by atoms with van der Waals surface area (Å²) in [6, 6.07) is 9.39. The molecular formula is C22H30N4O. The van der Waals surface area contributed by atoms with E-state index < -0.39 is 0 Å². The molecule has 1 amide bonds. The number of benzene rings is 1. The van der Waals surface area contributed by atoms with Crippen molar-refractivity contribution in [1.29, 1.82) is 0 Å². The molecule has 1 aromatic heterocycles. The third-order valence-electron chi connectivity index (χ3n) is 6.57. The minimum absolute atomic E-state index is 0.120. The van der Waals surface area contributed by atoms with Crippen molar-refractivity contribution in [3.05, 3.63) is 52.3 Å². The first kappa shape index (κ1) is 18.2. The maximum atomic E-state index is 12.5. The van der Waals surface area contributed by atoms with Crippen LogP contribution in [0.15, 0.2) is 24.3 Å². The molecule has 0 unspecified atom stereocenters. The third-order valence-corrected chi connectivity index (χ3v) is 6.57. The highest BCUT2D eigenvalue weighted by molar-refractivity contribution is 5.79. The standard InChI is InChI=1S/C22H30N4O/c1-14-21(15(2)26(4)24-14)22-18(12-20(27)25(22)3)13-23-19-10-9-16-7-5-6-8-17(16)11-19/h5-8,18-19,22-23H,9-13H2,1-4H3/t18-,19-,22+/m0/s1. The highest BCUT2D eigenvalue weighted by Crippen LogP contribution is 2.39. The molecule has 1 saturated heterocycles. The van der Waals surface area contributed by atoms with Gasteiger partial charge in [-0.1, -0.05) is 24.3 Å². The van der Waals surface area contributed by atoms with Gasteiger partial charge in [0.25, 0.3) is 0 Å². The Morgan fingerprint density at radius 2 is 1.89 bits per heavy atom. The SMILES string of the molecule is Cc1nn(C)c(C)c1[C@H]1[C@H](CN[C@H]2CCc3ccccc3C2)CC(=O)N1C. The zero-order valence-corrected chi connectivity index (χ0v) is 16.8. The summed E-state index contributed by atoms with van der Waals surface area (Å²) in [6.07, 6.45) is 4.01. The van der Waals surface area contributed by atoms with Crippen LogP contribution in [0.5, 0.6) is 0 Å². The van der Waals surface area contributed by atoms with Crippen LogP contribution in [-0.4, -0.2) is 40.2 Å². The number of amides is 1. The fraction of sp³-hybridized carbons (Fsp3) is 0.545. The van der Waals surface area contributed by atoms with Crippen molar-refractivity contribution in [2.45, 2.75) is 51.6 Å². The average molecular weight is 367 g/mol. The number of hydrogen-bond donors (Lipinski definition) is 1. The lowest BCUT2D eigenvalue weighted by atomic mass is 9.87. The van der Waals surface area contributed by atoms with Crippen LogP contribution in [0.25, 0.3) is 0 Å². The Morgan fingerprint density at radius 3 is 2.59 bits per heavy atom. The van der Waals surface area contributed by atoms with Gasteiger partial charge in [-0.15, -0.1) is 0 Å². The largest absolute Gasteiger partial charge is 0.338 e. The Morgan fingerprint density at radius 1 is 1.15 bits per heavy atom. The number of aromatic nitrogens is 2. The summed E-state index contributed by atoms with van der Waals surface area (Å²) in [6.45, 7) is 5.04. The van der Waals surface area contributed by atoms with Gasteiger partial charge in [-0.05, 0) is 44.2 Å². The second kappa shape index (κ2) is 7.12. The fourth-order valence-corrected chi connectivity index (χ4v) is 4.97. The molecule has 1 aliphatic carbocycles. The van der Waals surface area contributed by atoms with Crippen molar-refractivity contribution in [3.63, 3.8) is 0 Å². The zero-order valence-electron chi connectivity index (χ0n) is 16.8. The van der Waals surface area contributed by atoms with Gasteiger partial charge in [0.2, 0.25) is 5.91 Å². The van der Waals surface area contributed by atoms with Crippen LogP contribution >= 0.6 is 0 Å². The summed E-state index contributed by atoms with van der Waals surface area (Å²) >= 11 is 0. The van der Waals surface area contributed by atoms with Gasteiger partial charge < -0.3 is 10.2 Å².